The average Bonchev–Trinajstić information content (AvgIpc) is 2.38. The molecule has 106 valence electrons. The van der Waals surface area contributed by atoms with Gasteiger partial charge in [-0.1, -0.05) is 37.9 Å². The molecule has 1 unspecified atom stereocenters. The SMILES string of the molecule is FC(F)(F)C1CCCN(c2ccc(CBr)c(Br)c2)C1. The maximum Gasteiger partial charge on any atom is 0.393 e. The Bertz CT molecular complexity index is 448. The zero-order chi connectivity index (χ0) is 14.0. The van der Waals surface area contributed by atoms with E-state index in [1.807, 2.05) is 23.1 Å². The van der Waals surface area contributed by atoms with Gasteiger partial charge in [0.25, 0.3) is 0 Å². The third kappa shape index (κ3) is 3.66. The second-order valence-corrected chi connectivity index (χ2v) is 6.15. The minimum Gasteiger partial charge on any atom is -0.371 e. The van der Waals surface area contributed by atoms with Crippen LogP contribution in [0.5, 0.6) is 0 Å². The monoisotopic (exact) mass is 399 g/mol. The number of benzene rings is 1. The summed E-state index contributed by atoms with van der Waals surface area (Å²) in [6.45, 7) is 0.746. The quantitative estimate of drug-likeness (QED) is 0.622. The molecule has 19 heavy (non-hydrogen) atoms. The van der Waals surface area contributed by atoms with E-state index in [1.54, 1.807) is 0 Å². The third-order valence-corrected chi connectivity index (χ3v) is 4.77. The minimum atomic E-state index is -4.09. The second kappa shape index (κ2) is 6.04. The second-order valence-electron chi connectivity index (χ2n) is 4.74. The molecule has 1 heterocycles. The van der Waals surface area contributed by atoms with Gasteiger partial charge in [-0.2, -0.15) is 13.2 Å². The first-order valence-corrected chi connectivity index (χ1v) is 7.99. The molecule has 1 saturated heterocycles. The molecule has 0 bridgehead atoms. The highest BCUT2D eigenvalue weighted by molar-refractivity contribution is 9.10. The summed E-state index contributed by atoms with van der Waals surface area (Å²) in [6, 6.07) is 5.72. The summed E-state index contributed by atoms with van der Waals surface area (Å²) in [5.41, 5.74) is 1.94. The summed E-state index contributed by atoms with van der Waals surface area (Å²) in [6.07, 6.45) is -3.27. The van der Waals surface area contributed by atoms with E-state index in [9.17, 15) is 13.2 Å². The van der Waals surface area contributed by atoms with Crippen molar-refractivity contribution in [2.45, 2.75) is 24.3 Å². The Hall–Kier alpha value is -0.230. The van der Waals surface area contributed by atoms with Gasteiger partial charge in [0, 0.05) is 28.6 Å². The van der Waals surface area contributed by atoms with E-state index in [1.165, 1.54) is 0 Å². The lowest BCUT2D eigenvalue weighted by atomic mass is 9.97. The van der Waals surface area contributed by atoms with Crippen LogP contribution in [0.4, 0.5) is 18.9 Å². The molecule has 1 fully saturated rings. The van der Waals surface area contributed by atoms with Gasteiger partial charge >= 0.3 is 6.18 Å². The molecule has 1 aliphatic heterocycles. The van der Waals surface area contributed by atoms with Gasteiger partial charge < -0.3 is 4.90 Å². The number of nitrogens with zero attached hydrogens (tertiary/aromatic N) is 1. The maximum atomic E-state index is 12.8. The molecule has 1 aromatic carbocycles. The molecule has 1 nitrogen and oxygen atoms in total. The van der Waals surface area contributed by atoms with Gasteiger partial charge in [0.15, 0.2) is 0 Å². The highest BCUT2D eigenvalue weighted by atomic mass is 79.9. The van der Waals surface area contributed by atoms with E-state index in [2.05, 4.69) is 31.9 Å². The highest BCUT2D eigenvalue weighted by Gasteiger charge is 2.41. The number of anilines is 1. The summed E-state index contributed by atoms with van der Waals surface area (Å²) in [7, 11) is 0. The van der Waals surface area contributed by atoms with Crippen molar-refractivity contribution in [3.63, 3.8) is 0 Å². The fourth-order valence-corrected chi connectivity index (χ4v) is 3.69. The van der Waals surface area contributed by atoms with Gasteiger partial charge in [-0.05, 0) is 30.5 Å². The van der Waals surface area contributed by atoms with Crippen LogP contribution in [-0.4, -0.2) is 19.3 Å². The van der Waals surface area contributed by atoms with E-state index in [0.717, 1.165) is 21.1 Å². The Morgan fingerprint density at radius 2 is 2.05 bits per heavy atom. The normalized spacial score (nSPS) is 20.7. The van der Waals surface area contributed by atoms with Crippen molar-refractivity contribution in [2.24, 2.45) is 5.92 Å². The summed E-state index contributed by atoms with van der Waals surface area (Å²) < 4.78 is 39.3. The Morgan fingerprint density at radius 3 is 2.63 bits per heavy atom. The van der Waals surface area contributed by atoms with E-state index >= 15 is 0 Å². The van der Waals surface area contributed by atoms with Crippen LogP contribution in [0.25, 0.3) is 0 Å². The van der Waals surface area contributed by atoms with Crippen LogP contribution in [0.2, 0.25) is 0 Å². The zero-order valence-corrected chi connectivity index (χ0v) is 13.4. The molecular formula is C13H14Br2F3N. The third-order valence-electron chi connectivity index (χ3n) is 3.43. The van der Waals surface area contributed by atoms with Crippen molar-refractivity contribution in [3.8, 4) is 0 Å². The fourth-order valence-electron chi connectivity index (χ4n) is 2.32. The van der Waals surface area contributed by atoms with Gasteiger partial charge in [-0.25, -0.2) is 0 Å². The number of hydrogen-bond acceptors (Lipinski definition) is 1. The van der Waals surface area contributed by atoms with Crippen LogP contribution in [0, 0.1) is 5.92 Å². The topological polar surface area (TPSA) is 3.24 Å². The molecule has 0 spiro atoms. The molecule has 0 saturated carbocycles. The molecule has 1 aromatic rings. The Morgan fingerprint density at radius 1 is 1.32 bits per heavy atom. The van der Waals surface area contributed by atoms with Gasteiger partial charge in [0.05, 0.1) is 5.92 Å². The van der Waals surface area contributed by atoms with Crippen molar-refractivity contribution in [2.75, 3.05) is 18.0 Å². The smallest absolute Gasteiger partial charge is 0.371 e. The van der Waals surface area contributed by atoms with Gasteiger partial charge in [0.1, 0.15) is 0 Å². The number of rotatable bonds is 2. The van der Waals surface area contributed by atoms with Gasteiger partial charge in [0.2, 0.25) is 0 Å². The van der Waals surface area contributed by atoms with E-state index in [0.29, 0.717) is 13.0 Å². The minimum absolute atomic E-state index is 0.0591. The van der Waals surface area contributed by atoms with Crippen LogP contribution in [-0.2, 0) is 5.33 Å². The van der Waals surface area contributed by atoms with Crippen LogP contribution in [0.1, 0.15) is 18.4 Å². The largest absolute Gasteiger partial charge is 0.393 e. The molecule has 0 aromatic heterocycles. The lowest BCUT2D eigenvalue weighted by Crippen LogP contribution is -2.41. The maximum absolute atomic E-state index is 12.8. The predicted octanol–water partition coefficient (Wildman–Crippen LogP) is 5.12. The van der Waals surface area contributed by atoms with Crippen molar-refractivity contribution < 1.29 is 13.2 Å². The zero-order valence-electron chi connectivity index (χ0n) is 10.2. The van der Waals surface area contributed by atoms with E-state index in [-0.39, 0.29) is 13.0 Å². The standard InChI is InChI=1S/C13H14Br2F3N/c14-7-9-3-4-11(6-12(9)15)19-5-1-2-10(8-19)13(16,17)18/h3-4,6,10H,1-2,5,7-8H2. The number of piperidine rings is 1. The van der Waals surface area contributed by atoms with Gasteiger partial charge in [-0.15, -0.1) is 0 Å². The van der Waals surface area contributed by atoms with Crippen LogP contribution < -0.4 is 4.90 Å². The van der Waals surface area contributed by atoms with E-state index < -0.39 is 12.1 Å². The Labute approximate surface area is 127 Å². The molecule has 0 amide bonds. The van der Waals surface area contributed by atoms with Crippen molar-refractivity contribution in [3.05, 3.63) is 28.2 Å². The molecule has 0 N–H and O–H groups in total. The fraction of sp³-hybridized carbons (Fsp3) is 0.538. The average molecular weight is 401 g/mol. The summed E-state index contributed by atoms with van der Waals surface area (Å²) >= 11 is 6.82. The molecule has 1 atom stereocenters. The molecule has 6 heteroatoms. The van der Waals surface area contributed by atoms with Gasteiger partial charge in [-0.3, -0.25) is 0 Å². The summed E-state index contributed by atoms with van der Waals surface area (Å²) in [5, 5.41) is 0.721. The summed E-state index contributed by atoms with van der Waals surface area (Å²) in [4.78, 5) is 1.82. The number of halogens is 5. The number of hydrogen-bond donors (Lipinski definition) is 0. The Balaban J connectivity index is 2.15. The van der Waals surface area contributed by atoms with Crippen LogP contribution >= 0.6 is 31.9 Å². The predicted molar refractivity (Wildman–Crippen MR) is 77.8 cm³/mol. The van der Waals surface area contributed by atoms with Crippen LogP contribution in [0.15, 0.2) is 22.7 Å². The molecule has 2 rings (SSSR count). The molecule has 1 aliphatic rings. The van der Waals surface area contributed by atoms with Crippen molar-refractivity contribution in [1.82, 2.24) is 0 Å². The first kappa shape index (κ1) is 15.2. The van der Waals surface area contributed by atoms with Crippen molar-refractivity contribution in [1.29, 1.82) is 0 Å². The Kier molecular flexibility index (Phi) is 4.82. The number of alkyl halides is 4. The lowest BCUT2D eigenvalue weighted by Gasteiger charge is -2.35. The van der Waals surface area contributed by atoms with Crippen LogP contribution in [0.3, 0.4) is 0 Å². The summed E-state index contributed by atoms with van der Waals surface area (Å²) in [5.74, 6) is -1.21. The van der Waals surface area contributed by atoms with E-state index in [4.69, 9.17) is 0 Å². The first-order valence-electron chi connectivity index (χ1n) is 6.08. The van der Waals surface area contributed by atoms with Crippen molar-refractivity contribution >= 4 is 37.5 Å². The molecule has 0 radical (unpaired) electrons. The molecular weight excluding hydrogens is 387 g/mol. The highest BCUT2D eigenvalue weighted by Crippen LogP contribution is 2.35. The lowest BCUT2D eigenvalue weighted by molar-refractivity contribution is -0.175. The molecule has 0 aliphatic carbocycles. The first-order chi connectivity index (χ1) is 8.91.